The van der Waals surface area contributed by atoms with Crippen molar-refractivity contribution in [2.24, 2.45) is 5.73 Å². The van der Waals surface area contributed by atoms with Gasteiger partial charge in [-0.25, -0.2) is 0 Å². The SMILES string of the molecule is COc1cc(C2C(C#N)=C(N)Oc3ccc4ccccc4c32)cc(OC)c1OC. The van der Waals surface area contributed by atoms with Gasteiger partial charge in [-0.05, 0) is 34.5 Å². The molecular formula is C23H20N2O4. The van der Waals surface area contributed by atoms with Crippen LogP contribution in [-0.4, -0.2) is 21.3 Å². The zero-order valence-corrected chi connectivity index (χ0v) is 16.4. The smallest absolute Gasteiger partial charge is 0.205 e. The van der Waals surface area contributed by atoms with Crippen molar-refractivity contribution in [2.45, 2.75) is 5.92 Å². The van der Waals surface area contributed by atoms with Crippen molar-refractivity contribution in [1.82, 2.24) is 0 Å². The molecule has 0 saturated heterocycles. The Morgan fingerprint density at radius 1 is 0.966 bits per heavy atom. The van der Waals surface area contributed by atoms with Crippen LogP contribution in [0.1, 0.15) is 17.0 Å². The molecule has 0 saturated carbocycles. The summed E-state index contributed by atoms with van der Waals surface area (Å²) in [4.78, 5) is 0. The minimum Gasteiger partial charge on any atom is -0.493 e. The number of fused-ring (bicyclic) bond motifs is 3. The van der Waals surface area contributed by atoms with Gasteiger partial charge in [-0.3, -0.25) is 0 Å². The fourth-order valence-corrected chi connectivity index (χ4v) is 3.84. The second-order valence-electron chi connectivity index (χ2n) is 6.58. The van der Waals surface area contributed by atoms with Gasteiger partial charge in [-0.15, -0.1) is 0 Å². The van der Waals surface area contributed by atoms with Crippen LogP contribution in [0.25, 0.3) is 10.8 Å². The summed E-state index contributed by atoms with van der Waals surface area (Å²) in [6.45, 7) is 0. The van der Waals surface area contributed by atoms with Crippen LogP contribution in [-0.2, 0) is 0 Å². The van der Waals surface area contributed by atoms with E-state index in [-0.39, 0.29) is 5.88 Å². The van der Waals surface area contributed by atoms with E-state index in [4.69, 9.17) is 24.7 Å². The van der Waals surface area contributed by atoms with Crippen LogP contribution in [0.3, 0.4) is 0 Å². The number of hydrogen-bond acceptors (Lipinski definition) is 6. The Morgan fingerprint density at radius 2 is 1.66 bits per heavy atom. The fourth-order valence-electron chi connectivity index (χ4n) is 3.84. The van der Waals surface area contributed by atoms with E-state index in [0.29, 0.717) is 28.6 Å². The first-order valence-electron chi connectivity index (χ1n) is 9.02. The summed E-state index contributed by atoms with van der Waals surface area (Å²) in [6.07, 6.45) is 0. The molecule has 3 aromatic carbocycles. The first kappa shape index (κ1) is 18.5. The van der Waals surface area contributed by atoms with Crippen molar-refractivity contribution in [3.8, 4) is 29.1 Å². The number of benzene rings is 3. The highest BCUT2D eigenvalue weighted by molar-refractivity contribution is 5.90. The van der Waals surface area contributed by atoms with Gasteiger partial charge >= 0.3 is 0 Å². The molecule has 0 amide bonds. The Balaban J connectivity index is 2.05. The molecule has 1 aliphatic heterocycles. The van der Waals surface area contributed by atoms with Crippen molar-refractivity contribution in [3.05, 3.63) is 71.1 Å². The molecule has 3 aromatic rings. The summed E-state index contributed by atoms with van der Waals surface area (Å²) in [5.41, 5.74) is 8.13. The van der Waals surface area contributed by atoms with E-state index in [2.05, 4.69) is 6.07 Å². The first-order valence-corrected chi connectivity index (χ1v) is 9.02. The van der Waals surface area contributed by atoms with E-state index < -0.39 is 5.92 Å². The molecule has 2 N–H and O–H groups in total. The molecule has 0 fully saturated rings. The van der Waals surface area contributed by atoms with E-state index in [1.54, 1.807) is 21.3 Å². The molecular weight excluding hydrogens is 368 g/mol. The predicted molar refractivity (Wildman–Crippen MR) is 109 cm³/mol. The van der Waals surface area contributed by atoms with Crippen LogP contribution >= 0.6 is 0 Å². The molecule has 0 bridgehead atoms. The van der Waals surface area contributed by atoms with E-state index in [9.17, 15) is 5.26 Å². The molecule has 1 aliphatic rings. The summed E-state index contributed by atoms with van der Waals surface area (Å²) >= 11 is 0. The summed E-state index contributed by atoms with van der Waals surface area (Å²) in [5.74, 6) is 1.77. The average Bonchev–Trinajstić information content (AvgIpc) is 2.76. The largest absolute Gasteiger partial charge is 0.493 e. The van der Waals surface area contributed by atoms with Crippen LogP contribution in [0.2, 0.25) is 0 Å². The molecule has 146 valence electrons. The number of nitrogens with two attached hydrogens (primary N) is 1. The number of nitriles is 1. The van der Waals surface area contributed by atoms with Gasteiger partial charge in [0.25, 0.3) is 0 Å². The summed E-state index contributed by atoms with van der Waals surface area (Å²) in [5, 5.41) is 11.9. The molecule has 6 nitrogen and oxygen atoms in total. The summed E-state index contributed by atoms with van der Waals surface area (Å²) < 4.78 is 22.3. The lowest BCUT2D eigenvalue weighted by Gasteiger charge is -2.28. The zero-order chi connectivity index (χ0) is 20.5. The lowest BCUT2D eigenvalue weighted by molar-refractivity contribution is 0.323. The molecule has 0 radical (unpaired) electrons. The standard InChI is InChI=1S/C23H20N2O4/c1-26-18-10-14(11-19(27-2)22(18)28-3)20-16(12-24)23(25)29-17-9-8-13-6-4-5-7-15(13)21(17)20/h4-11,20H,25H2,1-3H3. The monoisotopic (exact) mass is 388 g/mol. The number of nitrogens with zero attached hydrogens (tertiary/aromatic N) is 1. The molecule has 4 rings (SSSR count). The molecule has 0 spiro atoms. The summed E-state index contributed by atoms with van der Waals surface area (Å²) in [7, 11) is 4.67. The van der Waals surface area contributed by atoms with Crippen LogP contribution in [0.4, 0.5) is 0 Å². The second kappa shape index (κ2) is 7.28. The minimum absolute atomic E-state index is 0.0917. The highest BCUT2D eigenvalue weighted by Crippen LogP contribution is 2.49. The Hall–Kier alpha value is -3.85. The Labute approximate surface area is 168 Å². The van der Waals surface area contributed by atoms with Gasteiger partial charge in [0.15, 0.2) is 11.5 Å². The number of allylic oxidation sites excluding steroid dienone is 1. The van der Waals surface area contributed by atoms with Crippen LogP contribution in [0.5, 0.6) is 23.0 Å². The number of methoxy groups -OCH3 is 3. The van der Waals surface area contributed by atoms with Crippen molar-refractivity contribution in [2.75, 3.05) is 21.3 Å². The minimum atomic E-state index is -0.441. The quantitative estimate of drug-likeness (QED) is 0.725. The van der Waals surface area contributed by atoms with Gasteiger partial charge in [0, 0.05) is 5.56 Å². The van der Waals surface area contributed by atoms with E-state index in [1.165, 1.54) is 0 Å². The van der Waals surface area contributed by atoms with Crippen molar-refractivity contribution >= 4 is 10.8 Å². The Bertz CT molecular complexity index is 1150. The third-order valence-electron chi connectivity index (χ3n) is 5.13. The first-order chi connectivity index (χ1) is 14.1. The van der Waals surface area contributed by atoms with Crippen molar-refractivity contribution in [1.29, 1.82) is 5.26 Å². The van der Waals surface area contributed by atoms with Gasteiger partial charge in [-0.1, -0.05) is 30.3 Å². The number of rotatable bonds is 4. The van der Waals surface area contributed by atoms with Gasteiger partial charge in [0.1, 0.15) is 17.4 Å². The van der Waals surface area contributed by atoms with Crippen molar-refractivity contribution in [3.63, 3.8) is 0 Å². The van der Waals surface area contributed by atoms with Crippen LogP contribution in [0, 0.1) is 11.3 Å². The fraction of sp³-hybridized carbons (Fsp3) is 0.174. The topological polar surface area (TPSA) is 86.7 Å². The predicted octanol–water partition coefficient (Wildman–Crippen LogP) is 4.08. The maximum absolute atomic E-state index is 9.89. The maximum atomic E-state index is 9.89. The van der Waals surface area contributed by atoms with Gasteiger partial charge < -0.3 is 24.7 Å². The Morgan fingerprint density at radius 3 is 2.28 bits per heavy atom. The second-order valence-corrected chi connectivity index (χ2v) is 6.58. The lowest BCUT2D eigenvalue weighted by atomic mass is 9.81. The van der Waals surface area contributed by atoms with E-state index in [0.717, 1.165) is 21.9 Å². The Kier molecular flexibility index (Phi) is 4.65. The summed E-state index contributed by atoms with van der Waals surface area (Å²) in [6, 6.07) is 17.7. The van der Waals surface area contributed by atoms with Crippen LogP contribution < -0.4 is 24.7 Å². The highest BCUT2D eigenvalue weighted by atomic mass is 16.5. The van der Waals surface area contributed by atoms with Crippen LogP contribution in [0.15, 0.2) is 60.0 Å². The number of hydrogen-bond donors (Lipinski definition) is 1. The molecule has 1 atom stereocenters. The van der Waals surface area contributed by atoms with E-state index >= 15 is 0 Å². The van der Waals surface area contributed by atoms with Gasteiger partial charge in [-0.2, -0.15) is 5.26 Å². The van der Waals surface area contributed by atoms with Crippen molar-refractivity contribution < 1.29 is 18.9 Å². The molecule has 6 heteroatoms. The van der Waals surface area contributed by atoms with Gasteiger partial charge in [0.05, 0.1) is 27.2 Å². The van der Waals surface area contributed by atoms with E-state index in [1.807, 2.05) is 48.5 Å². The molecule has 0 aliphatic carbocycles. The zero-order valence-electron chi connectivity index (χ0n) is 16.4. The third kappa shape index (κ3) is 2.88. The maximum Gasteiger partial charge on any atom is 0.205 e. The third-order valence-corrected chi connectivity index (χ3v) is 5.13. The normalized spacial score (nSPS) is 15.3. The highest BCUT2D eigenvalue weighted by Gasteiger charge is 2.33. The lowest BCUT2D eigenvalue weighted by Crippen LogP contribution is -2.21. The molecule has 0 aromatic heterocycles. The molecule has 29 heavy (non-hydrogen) atoms. The van der Waals surface area contributed by atoms with Gasteiger partial charge in [0.2, 0.25) is 11.6 Å². The molecule has 1 unspecified atom stereocenters. The molecule has 1 heterocycles. The number of ether oxygens (including phenoxy) is 4. The average molecular weight is 388 g/mol.